The average molecular weight is 1100 g/mol. The second-order valence-electron chi connectivity index (χ2n) is 20.2. The molecule has 0 aliphatic carbocycles. The number of rotatable bonds is 52. The zero-order valence-corrected chi connectivity index (χ0v) is 50.4. The average Bonchev–Trinajstić information content (AvgIpc) is 3.41. The number of likely N-dealkylation sites (N-methyl/N-ethyl adjacent to an activating group) is 1. The summed E-state index contributed by atoms with van der Waals surface area (Å²) in [6.45, 7) is 3.93. The zero-order chi connectivity index (χ0) is 57.0. The van der Waals surface area contributed by atoms with Crippen LogP contribution in [0.15, 0.2) is 170 Å². The van der Waals surface area contributed by atoms with E-state index in [2.05, 4.69) is 184 Å². The van der Waals surface area contributed by atoms with Gasteiger partial charge in [-0.25, -0.2) is 0 Å². The van der Waals surface area contributed by atoms with E-state index in [-0.39, 0.29) is 26.1 Å². The lowest BCUT2D eigenvalue weighted by molar-refractivity contribution is -0.870. The number of carbonyl (C=O) groups excluding carboxylic acids is 2. The van der Waals surface area contributed by atoms with Crippen LogP contribution in [0, 0.1) is 0 Å². The first-order chi connectivity index (χ1) is 38.0. The molecule has 2 unspecified atom stereocenters. The van der Waals surface area contributed by atoms with Gasteiger partial charge in [0.2, 0.25) is 0 Å². The van der Waals surface area contributed by atoms with E-state index >= 15 is 0 Å². The first-order valence-electron chi connectivity index (χ1n) is 29.8. The molecule has 0 saturated carbocycles. The summed E-state index contributed by atoms with van der Waals surface area (Å²) in [5.74, 6) is -0.894. The van der Waals surface area contributed by atoms with E-state index in [1.165, 1.54) is 0 Å². The van der Waals surface area contributed by atoms with E-state index in [4.69, 9.17) is 18.5 Å². The molecular weight excluding hydrogens is 990 g/mol. The van der Waals surface area contributed by atoms with Crippen molar-refractivity contribution in [2.75, 3.05) is 47.5 Å². The number of phosphoric acid groups is 1. The molecule has 0 bridgehead atoms. The molecule has 0 aromatic carbocycles. The number of phosphoric ester groups is 1. The Morgan fingerprint density at radius 2 is 0.692 bits per heavy atom. The molecule has 0 aromatic rings. The van der Waals surface area contributed by atoms with Crippen molar-refractivity contribution in [3.05, 3.63) is 170 Å². The van der Waals surface area contributed by atoms with Crippen molar-refractivity contribution in [3.8, 4) is 0 Å². The number of nitrogens with zero attached hydrogens (tertiary/aromatic N) is 1. The molecular formula is C68H108NO8P. The molecule has 0 heterocycles. The molecule has 10 heteroatoms. The summed E-state index contributed by atoms with van der Waals surface area (Å²) in [7, 11) is 1.11. The van der Waals surface area contributed by atoms with Gasteiger partial charge < -0.3 is 27.9 Å². The molecule has 9 nitrogen and oxygen atoms in total. The molecule has 0 spiro atoms. The number of allylic oxidation sites excluding steroid dienone is 28. The van der Waals surface area contributed by atoms with Gasteiger partial charge in [-0.2, -0.15) is 0 Å². The second-order valence-corrected chi connectivity index (χ2v) is 21.7. The van der Waals surface area contributed by atoms with Crippen molar-refractivity contribution in [2.24, 2.45) is 0 Å². The number of hydrogen-bond acceptors (Lipinski definition) is 8. The fourth-order valence-corrected chi connectivity index (χ4v) is 7.93. The second kappa shape index (κ2) is 57.1. The van der Waals surface area contributed by atoms with E-state index in [1.807, 2.05) is 21.1 Å². The van der Waals surface area contributed by atoms with E-state index in [1.54, 1.807) is 0 Å². The van der Waals surface area contributed by atoms with Crippen LogP contribution in [-0.2, 0) is 32.7 Å². The summed E-state index contributed by atoms with van der Waals surface area (Å²) in [5, 5.41) is 0. The minimum absolute atomic E-state index is 0.0491. The van der Waals surface area contributed by atoms with Gasteiger partial charge in [-0.15, -0.1) is 0 Å². The quantitative estimate of drug-likeness (QED) is 0.0195. The maximum Gasteiger partial charge on any atom is 0.306 e. The van der Waals surface area contributed by atoms with E-state index in [0.29, 0.717) is 23.9 Å². The predicted molar refractivity (Wildman–Crippen MR) is 332 cm³/mol. The number of quaternary nitrogens is 1. The summed E-state index contributed by atoms with van der Waals surface area (Å²) in [4.78, 5) is 37.9. The predicted octanol–water partition coefficient (Wildman–Crippen LogP) is 18.4. The van der Waals surface area contributed by atoms with Crippen molar-refractivity contribution in [1.82, 2.24) is 0 Å². The van der Waals surface area contributed by atoms with Crippen LogP contribution in [0.2, 0.25) is 0 Å². The Balaban J connectivity index is 4.30. The lowest BCUT2D eigenvalue weighted by atomic mass is 10.1. The molecule has 0 rings (SSSR count). The maximum atomic E-state index is 12.8. The van der Waals surface area contributed by atoms with Gasteiger partial charge in [0, 0.05) is 12.8 Å². The summed E-state index contributed by atoms with van der Waals surface area (Å²) >= 11 is 0. The molecule has 2 atom stereocenters. The molecule has 0 radical (unpaired) electrons. The lowest BCUT2D eigenvalue weighted by Crippen LogP contribution is -2.37. The topological polar surface area (TPSA) is 111 Å². The summed E-state index contributed by atoms with van der Waals surface area (Å²) in [6.07, 6.45) is 86.8. The Labute approximate surface area is 477 Å². The Morgan fingerprint density at radius 3 is 1.03 bits per heavy atom. The molecule has 78 heavy (non-hydrogen) atoms. The van der Waals surface area contributed by atoms with Crippen molar-refractivity contribution in [1.29, 1.82) is 0 Å². The van der Waals surface area contributed by atoms with E-state index in [0.717, 1.165) is 154 Å². The minimum atomic E-state index is -4.66. The highest BCUT2D eigenvalue weighted by Crippen LogP contribution is 2.38. The van der Waals surface area contributed by atoms with Crippen LogP contribution in [0.4, 0.5) is 0 Å². The first-order valence-corrected chi connectivity index (χ1v) is 31.3. The Hall–Kier alpha value is -4.63. The van der Waals surface area contributed by atoms with Crippen LogP contribution in [0.1, 0.15) is 194 Å². The van der Waals surface area contributed by atoms with Crippen LogP contribution in [-0.4, -0.2) is 70.0 Å². The molecule has 0 amide bonds. The van der Waals surface area contributed by atoms with Crippen molar-refractivity contribution >= 4 is 19.8 Å². The number of esters is 2. The molecule has 0 aliphatic rings. The Kier molecular flexibility index (Phi) is 53.7. The van der Waals surface area contributed by atoms with Gasteiger partial charge in [0.05, 0.1) is 27.7 Å². The third kappa shape index (κ3) is 60.6. The van der Waals surface area contributed by atoms with Crippen molar-refractivity contribution in [2.45, 2.75) is 200 Å². The van der Waals surface area contributed by atoms with Gasteiger partial charge in [0.15, 0.2) is 6.10 Å². The molecule has 0 aliphatic heterocycles. The van der Waals surface area contributed by atoms with Gasteiger partial charge >= 0.3 is 11.9 Å². The number of carbonyl (C=O) groups is 2. The SMILES string of the molecule is CC/C=C\C/C=C\C/C=C\C/C=C\C/C=C\C/C=C\C/C=C\C/C=C\C/C=C\CCCCCCCC(=O)OC(COC(=O)CCCCCCC/C=C\C/C=C\C/C=C\C/C=C\C/C=C\CC)COP(=O)([O-])OCC[N+](C)(C)C. The standard InChI is InChI=1S/C68H108NO8P/c1-6-8-10-12-14-16-18-20-22-24-26-28-29-30-31-32-33-34-35-36-37-38-39-41-43-45-47-49-51-53-55-57-59-61-68(71)77-66(65-76-78(72,73)75-63-62-69(3,4)5)64-74-67(70)60-58-56-54-52-50-48-46-44-42-40-27-25-23-21-19-17-15-13-11-9-7-2/h8-11,14-17,20-23,26-28,30-31,33-34,36-37,39-41,44-47,66H,6-7,12-13,18-19,24-25,29,32,35,38,42-43,48-65H2,1-5H3/b10-8-,11-9-,16-14-,17-15-,22-20-,23-21-,28-26-,31-30-,34-33-,37-36-,40-27-,41-39-,46-44-,47-45-. The Morgan fingerprint density at radius 1 is 0.397 bits per heavy atom. The third-order valence-electron chi connectivity index (χ3n) is 11.7. The normalized spacial score (nSPS) is 14.5. The fourth-order valence-electron chi connectivity index (χ4n) is 7.20. The van der Waals surface area contributed by atoms with Gasteiger partial charge in [0.25, 0.3) is 7.82 Å². The van der Waals surface area contributed by atoms with Gasteiger partial charge in [-0.05, 0) is 128 Å². The van der Waals surface area contributed by atoms with Crippen molar-refractivity contribution in [3.63, 3.8) is 0 Å². The smallest absolute Gasteiger partial charge is 0.306 e. The molecule has 0 N–H and O–H groups in total. The highest BCUT2D eigenvalue weighted by atomic mass is 31.2. The number of unbranched alkanes of at least 4 members (excludes halogenated alkanes) is 10. The minimum Gasteiger partial charge on any atom is -0.756 e. The lowest BCUT2D eigenvalue weighted by Gasteiger charge is -2.28. The van der Waals surface area contributed by atoms with Gasteiger partial charge in [-0.1, -0.05) is 223 Å². The highest BCUT2D eigenvalue weighted by molar-refractivity contribution is 7.45. The van der Waals surface area contributed by atoms with E-state index in [9.17, 15) is 19.0 Å². The molecule has 0 saturated heterocycles. The third-order valence-corrected chi connectivity index (χ3v) is 12.7. The van der Waals surface area contributed by atoms with Gasteiger partial charge in [-0.3, -0.25) is 14.2 Å². The molecule has 438 valence electrons. The highest BCUT2D eigenvalue weighted by Gasteiger charge is 2.21. The zero-order valence-electron chi connectivity index (χ0n) is 49.5. The number of ether oxygens (including phenoxy) is 2. The van der Waals surface area contributed by atoms with E-state index < -0.39 is 32.5 Å². The maximum absolute atomic E-state index is 12.8. The summed E-state index contributed by atoms with van der Waals surface area (Å²) in [5.41, 5.74) is 0. The van der Waals surface area contributed by atoms with Crippen LogP contribution in [0.5, 0.6) is 0 Å². The van der Waals surface area contributed by atoms with Gasteiger partial charge in [0.1, 0.15) is 19.8 Å². The van der Waals surface area contributed by atoms with Crippen LogP contribution >= 0.6 is 7.82 Å². The van der Waals surface area contributed by atoms with Crippen LogP contribution < -0.4 is 4.89 Å². The summed E-state index contributed by atoms with van der Waals surface area (Å²) < 4.78 is 34.1. The number of hydrogen-bond donors (Lipinski definition) is 0. The first kappa shape index (κ1) is 73.4. The van der Waals surface area contributed by atoms with Crippen LogP contribution in [0.25, 0.3) is 0 Å². The molecule has 0 aromatic heterocycles. The monoisotopic (exact) mass is 1100 g/mol. The largest absolute Gasteiger partial charge is 0.756 e. The van der Waals surface area contributed by atoms with Crippen LogP contribution in [0.3, 0.4) is 0 Å². The molecule has 0 fully saturated rings. The fraction of sp³-hybridized carbons (Fsp3) is 0.559. The van der Waals surface area contributed by atoms with Crippen molar-refractivity contribution < 1.29 is 42.1 Å². The summed E-state index contributed by atoms with van der Waals surface area (Å²) in [6, 6.07) is 0. The Bertz CT molecular complexity index is 1920.